The molecule has 0 spiro atoms. The van der Waals surface area contributed by atoms with Crippen molar-refractivity contribution in [2.75, 3.05) is 27.9 Å². The van der Waals surface area contributed by atoms with Gasteiger partial charge in [-0.05, 0) is 66.8 Å². The SMILES string of the molecule is COc1cccc(CC[C@H]2NCCc3cc(OC)c(OC)cc32)c1. The van der Waals surface area contributed by atoms with Crippen molar-refractivity contribution in [3.05, 3.63) is 53.1 Å². The number of aryl methyl sites for hydroxylation is 1. The summed E-state index contributed by atoms with van der Waals surface area (Å²) in [7, 11) is 5.08. The molecule has 1 heterocycles. The highest BCUT2D eigenvalue weighted by atomic mass is 16.5. The Morgan fingerprint density at radius 2 is 1.79 bits per heavy atom. The van der Waals surface area contributed by atoms with Crippen LogP contribution in [0.15, 0.2) is 36.4 Å². The Morgan fingerprint density at radius 3 is 2.54 bits per heavy atom. The molecule has 4 heteroatoms. The standard InChI is InChI=1S/C20H25NO3/c1-22-16-6-4-5-14(11-16)7-8-18-17-13-20(24-3)19(23-2)12-15(17)9-10-21-18/h4-6,11-13,18,21H,7-10H2,1-3H3/t18-/m1/s1. The number of nitrogens with one attached hydrogen (secondary N) is 1. The van der Waals surface area contributed by atoms with E-state index in [9.17, 15) is 0 Å². The predicted molar refractivity (Wildman–Crippen MR) is 95.3 cm³/mol. The molecule has 0 saturated carbocycles. The van der Waals surface area contributed by atoms with E-state index in [4.69, 9.17) is 14.2 Å². The van der Waals surface area contributed by atoms with Crippen molar-refractivity contribution in [1.29, 1.82) is 0 Å². The number of rotatable bonds is 6. The Bertz CT molecular complexity index is 699. The molecule has 0 bridgehead atoms. The zero-order chi connectivity index (χ0) is 16.9. The summed E-state index contributed by atoms with van der Waals surface area (Å²) in [5, 5.41) is 3.64. The van der Waals surface area contributed by atoms with Crippen LogP contribution in [0.4, 0.5) is 0 Å². The van der Waals surface area contributed by atoms with Gasteiger partial charge in [0.2, 0.25) is 0 Å². The van der Waals surface area contributed by atoms with Crippen molar-refractivity contribution in [3.63, 3.8) is 0 Å². The molecule has 0 unspecified atom stereocenters. The average Bonchev–Trinajstić information content (AvgIpc) is 2.65. The van der Waals surface area contributed by atoms with Gasteiger partial charge in [0.05, 0.1) is 21.3 Å². The van der Waals surface area contributed by atoms with E-state index >= 15 is 0 Å². The molecule has 3 rings (SSSR count). The molecule has 4 nitrogen and oxygen atoms in total. The molecule has 0 amide bonds. The van der Waals surface area contributed by atoms with Crippen LogP contribution >= 0.6 is 0 Å². The molecule has 0 aliphatic carbocycles. The molecule has 1 aliphatic rings. The minimum atomic E-state index is 0.333. The quantitative estimate of drug-likeness (QED) is 0.881. The lowest BCUT2D eigenvalue weighted by Gasteiger charge is -2.28. The van der Waals surface area contributed by atoms with Crippen LogP contribution in [0.25, 0.3) is 0 Å². The molecule has 2 aromatic carbocycles. The summed E-state index contributed by atoms with van der Waals surface area (Å²) >= 11 is 0. The van der Waals surface area contributed by atoms with Crippen molar-refractivity contribution in [3.8, 4) is 17.2 Å². The van der Waals surface area contributed by atoms with Crippen LogP contribution in [-0.4, -0.2) is 27.9 Å². The minimum absolute atomic E-state index is 0.333. The second kappa shape index (κ2) is 7.58. The fraction of sp³-hybridized carbons (Fsp3) is 0.400. The maximum absolute atomic E-state index is 5.47. The smallest absolute Gasteiger partial charge is 0.161 e. The molecule has 0 radical (unpaired) electrons. The van der Waals surface area contributed by atoms with Crippen molar-refractivity contribution in [2.45, 2.75) is 25.3 Å². The average molecular weight is 327 g/mol. The summed E-state index contributed by atoms with van der Waals surface area (Å²) in [4.78, 5) is 0. The first kappa shape index (κ1) is 16.7. The van der Waals surface area contributed by atoms with Crippen molar-refractivity contribution < 1.29 is 14.2 Å². The maximum Gasteiger partial charge on any atom is 0.161 e. The summed E-state index contributed by atoms with van der Waals surface area (Å²) in [6.07, 6.45) is 3.06. The van der Waals surface area contributed by atoms with E-state index < -0.39 is 0 Å². The number of methoxy groups -OCH3 is 3. The summed E-state index contributed by atoms with van der Waals surface area (Å²) in [5.41, 5.74) is 3.97. The monoisotopic (exact) mass is 327 g/mol. The summed E-state index contributed by atoms with van der Waals surface area (Å²) in [6, 6.07) is 12.9. The Morgan fingerprint density at radius 1 is 1.00 bits per heavy atom. The Kier molecular flexibility index (Phi) is 5.26. The molecule has 0 fully saturated rings. The largest absolute Gasteiger partial charge is 0.497 e. The third kappa shape index (κ3) is 3.49. The van der Waals surface area contributed by atoms with Crippen LogP contribution < -0.4 is 19.5 Å². The molecule has 24 heavy (non-hydrogen) atoms. The zero-order valence-corrected chi connectivity index (χ0v) is 14.6. The van der Waals surface area contributed by atoms with Gasteiger partial charge in [0, 0.05) is 6.04 Å². The van der Waals surface area contributed by atoms with Crippen molar-refractivity contribution in [1.82, 2.24) is 5.32 Å². The fourth-order valence-corrected chi connectivity index (χ4v) is 3.37. The molecule has 0 saturated heterocycles. The third-order valence-electron chi connectivity index (χ3n) is 4.66. The van der Waals surface area contributed by atoms with Crippen LogP contribution in [0.1, 0.15) is 29.2 Å². The summed E-state index contributed by atoms with van der Waals surface area (Å²) < 4.78 is 16.2. The first-order valence-corrected chi connectivity index (χ1v) is 8.36. The second-order valence-electron chi connectivity index (χ2n) is 6.05. The summed E-state index contributed by atoms with van der Waals surface area (Å²) in [5.74, 6) is 2.52. The van der Waals surface area contributed by atoms with Gasteiger partial charge in [0.1, 0.15) is 5.75 Å². The van der Waals surface area contributed by atoms with E-state index in [2.05, 4.69) is 29.6 Å². The number of hydrogen-bond acceptors (Lipinski definition) is 4. The predicted octanol–water partition coefficient (Wildman–Crippen LogP) is 3.53. The minimum Gasteiger partial charge on any atom is -0.497 e. The van der Waals surface area contributed by atoms with Gasteiger partial charge in [-0.25, -0.2) is 0 Å². The first-order valence-electron chi connectivity index (χ1n) is 8.36. The lowest BCUT2D eigenvalue weighted by atomic mass is 9.90. The van der Waals surface area contributed by atoms with Gasteiger partial charge >= 0.3 is 0 Å². The molecule has 1 N–H and O–H groups in total. The first-order chi connectivity index (χ1) is 11.7. The van der Waals surface area contributed by atoms with Gasteiger partial charge in [0.25, 0.3) is 0 Å². The van der Waals surface area contributed by atoms with E-state index in [1.54, 1.807) is 21.3 Å². The van der Waals surface area contributed by atoms with E-state index in [1.165, 1.54) is 16.7 Å². The molecule has 2 aromatic rings. The van der Waals surface area contributed by atoms with Gasteiger partial charge in [-0.3, -0.25) is 0 Å². The van der Waals surface area contributed by atoms with Gasteiger partial charge in [-0.1, -0.05) is 12.1 Å². The van der Waals surface area contributed by atoms with Crippen LogP contribution in [0.3, 0.4) is 0 Å². The van der Waals surface area contributed by atoms with E-state index in [-0.39, 0.29) is 0 Å². The molecular weight excluding hydrogens is 302 g/mol. The summed E-state index contributed by atoms with van der Waals surface area (Å²) in [6.45, 7) is 0.991. The lowest BCUT2D eigenvalue weighted by molar-refractivity contribution is 0.351. The topological polar surface area (TPSA) is 39.7 Å². The highest BCUT2D eigenvalue weighted by Gasteiger charge is 2.22. The van der Waals surface area contributed by atoms with Crippen LogP contribution in [0.5, 0.6) is 17.2 Å². The normalized spacial score (nSPS) is 16.4. The number of benzene rings is 2. The number of hydrogen-bond donors (Lipinski definition) is 1. The van der Waals surface area contributed by atoms with Crippen molar-refractivity contribution >= 4 is 0 Å². The fourth-order valence-electron chi connectivity index (χ4n) is 3.37. The highest BCUT2D eigenvalue weighted by Crippen LogP contribution is 2.36. The Hall–Kier alpha value is -2.20. The van der Waals surface area contributed by atoms with Gasteiger partial charge < -0.3 is 19.5 Å². The van der Waals surface area contributed by atoms with Crippen molar-refractivity contribution in [2.24, 2.45) is 0 Å². The van der Waals surface area contributed by atoms with E-state index in [1.807, 2.05) is 12.1 Å². The van der Waals surface area contributed by atoms with Gasteiger partial charge in [0.15, 0.2) is 11.5 Å². The second-order valence-corrected chi connectivity index (χ2v) is 6.05. The van der Waals surface area contributed by atoms with Crippen LogP contribution in [0.2, 0.25) is 0 Å². The Balaban J connectivity index is 1.78. The number of ether oxygens (including phenoxy) is 3. The van der Waals surface area contributed by atoms with Crippen LogP contribution in [-0.2, 0) is 12.8 Å². The van der Waals surface area contributed by atoms with Gasteiger partial charge in [-0.2, -0.15) is 0 Å². The number of fused-ring (bicyclic) bond motifs is 1. The highest BCUT2D eigenvalue weighted by molar-refractivity contribution is 5.49. The van der Waals surface area contributed by atoms with Gasteiger partial charge in [-0.15, -0.1) is 0 Å². The molecule has 1 atom stereocenters. The van der Waals surface area contributed by atoms with E-state index in [0.717, 1.165) is 43.1 Å². The van der Waals surface area contributed by atoms with Crippen LogP contribution in [0, 0.1) is 0 Å². The Labute approximate surface area is 143 Å². The lowest BCUT2D eigenvalue weighted by Crippen LogP contribution is -2.30. The maximum atomic E-state index is 5.47. The molecule has 128 valence electrons. The third-order valence-corrected chi connectivity index (χ3v) is 4.66. The molecule has 1 aliphatic heterocycles. The van der Waals surface area contributed by atoms with E-state index in [0.29, 0.717) is 6.04 Å². The molecule has 0 aromatic heterocycles. The zero-order valence-electron chi connectivity index (χ0n) is 14.6. The molecular formula is C20H25NO3.